The molecule has 0 radical (unpaired) electrons. The predicted molar refractivity (Wildman–Crippen MR) is 202 cm³/mol. The molecule has 1 heterocycles. The van der Waals surface area contributed by atoms with E-state index < -0.39 is 0 Å². The highest BCUT2D eigenvalue weighted by Crippen LogP contribution is 2.47. The van der Waals surface area contributed by atoms with Gasteiger partial charge in [-0.3, -0.25) is 0 Å². The molecule has 0 aliphatic heterocycles. The normalized spacial score (nSPS) is 11.3. The number of para-hydroxylation sites is 1. The SMILES string of the molecule is c1ccc(-c2ccc(N(c3ccc(-c4ccc5ccccc5c4)cc3)c3ccc4c(oc5ccccc54)c3-c3ccccc3)cc2)cc1. The molecule has 0 fully saturated rings. The first-order chi connectivity index (χ1) is 23.8. The van der Waals surface area contributed by atoms with Crippen LogP contribution in [0.5, 0.6) is 0 Å². The van der Waals surface area contributed by atoms with Gasteiger partial charge in [0.2, 0.25) is 0 Å². The van der Waals surface area contributed by atoms with Crippen molar-refractivity contribution in [2.24, 2.45) is 0 Å². The van der Waals surface area contributed by atoms with E-state index in [4.69, 9.17) is 4.42 Å². The maximum absolute atomic E-state index is 6.66. The summed E-state index contributed by atoms with van der Waals surface area (Å²) in [4.78, 5) is 2.36. The molecular weight excluding hydrogens is 583 g/mol. The molecule has 0 bridgehead atoms. The minimum atomic E-state index is 0.888. The first kappa shape index (κ1) is 27.9. The van der Waals surface area contributed by atoms with Crippen LogP contribution in [0.15, 0.2) is 192 Å². The number of benzene rings is 8. The molecule has 0 aliphatic carbocycles. The first-order valence-corrected chi connectivity index (χ1v) is 16.3. The van der Waals surface area contributed by atoms with Crippen molar-refractivity contribution in [3.05, 3.63) is 188 Å². The molecule has 2 heteroatoms. The second-order valence-electron chi connectivity index (χ2n) is 12.2. The highest BCUT2D eigenvalue weighted by molar-refractivity contribution is 6.13. The molecule has 226 valence electrons. The summed E-state index contributed by atoms with van der Waals surface area (Å²) in [7, 11) is 0. The average molecular weight is 614 g/mol. The third kappa shape index (κ3) is 4.92. The van der Waals surface area contributed by atoms with Crippen molar-refractivity contribution in [1.29, 1.82) is 0 Å². The number of furan rings is 1. The number of fused-ring (bicyclic) bond motifs is 4. The molecule has 0 spiro atoms. The van der Waals surface area contributed by atoms with Gasteiger partial charge in [-0.25, -0.2) is 0 Å². The Kier molecular flexibility index (Phi) is 6.84. The third-order valence-corrected chi connectivity index (χ3v) is 9.27. The minimum absolute atomic E-state index is 0.888. The van der Waals surface area contributed by atoms with Crippen LogP contribution in [-0.2, 0) is 0 Å². The van der Waals surface area contributed by atoms with Crippen LogP contribution in [0, 0.1) is 0 Å². The summed E-state index contributed by atoms with van der Waals surface area (Å²) < 4.78 is 6.66. The molecule has 0 aliphatic rings. The molecule has 1 aromatic heterocycles. The van der Waals surface area contributed by atoms with Crippen molar-refractivity contribution in [2.45, 2.75) is 0 Å². The maximum Gasteiger partial charge on any atom is 0.145 e. The Morgan fingerprint density at radius 3 is 1.60 bits per heavy atom. The van der Waals surface area contributed by atoms with Crippen LogP contribution in [0.2, 0.25) is 0 Å². The lowest BCUT2D eigenvalue weighted by molar-refractivity contribution is 0.670. The molecular formula is C46H31NO. The second-order valence-corrected chi connectivity index (χ2v) is 12.2. The number of hydrogen-bond donors (Lipinski definition) is 0. The van der Waals surface area contributed by atoms with E-state index in [1.807, 2.05) is 6.07 Å². The zero-order valence-electron chi connectivity index (χ0n) is 26.3. The Labute approximate surface area is 279 Å². The van der Waals surface area contributed by atoms with Gasteiger partial charge >= 0.3 is 0 Å². The van der Waals surface area contributed by atoms with Crippen LogP contribution in [0.1, 0.15) is 0 Å². The van der Waals surface area contributed by atoms with Crippen molar-refractivity contribution in [1.82, 2.24) is 0 Å². The molecule has 9 rings (SSSR count). The fourth-order valence-electron chi connectivity index (χ4n) is 6.88. The van der Waals surface area contributed by atoms with Gasteiger partial charge in [0, 0.05) is 27.7 Å². The van der Waals surface area contributed by atoms with E-state index >= 15 is 0 Å². The van der Waals surface area contributed by atoms with Gasteiger partial charge in [0.1, 0.15) is 11.2 Å². The third-order valence-electron chi connectivity index (χ3n) is 9.27. The Morgan fingerprint density at radius 2 is 0.896 bits per heavy atom. The number of rotatable bonds is 6. The average Bonchev–Trinajstić information content (AvgIpc) is 3.55. The standard InChI is InChI=1S/C46H31NO/c1-3-11-32(12-4-1)34-21-25-39(26-22-34)47(40-27-23-35(24-28-40)38-20-19-33-13-7-8-16-37(33)31-38)43-30-29-42-41-17-9-10-18-44(41)48-46(42)45(43)36-14-5-2-6-15-36/h1-31H. The lowest BCUT2D eigenvalue weighted by Crippen LogP contribution is -2.11. The van der Waals surface area contributed by atoms with Crippen molar-refractivity contribution >= 4 is 49.8 Å². The summed E-state index contributed by atoms with van der Waals surface area (Å²) in [6, 6.07) is 66.9. The van der Waals surface area contributed by atoms with E-state index in [0.717, 1.165) is 50.1 Å². The van der Waals surface area contributed by atoms with Crippen molar-refractivity contribution < 1.29 is 4.42 Å². The number of nitrogens with zero attached hydrogens (tertiary/aromatic N) is 1. The van der Waals surface area contributed by atoms with Gasteiger partial charge in [-0.2, -0.15) is 0 Å². The zero-order chi connectivity index (χ0) is 31.9. The summed E-state index contributed by atoms with van der Waals surface area (Å²) in [5.74, 6) is 0. The van der Waals surface area contributed by atoms with E-state index in [-0.39, 0.29) is 0 Å². The molecule has 2 nitrogen and oxygen atoms in total. The van der Waals surface area contributed by atoms with Gasteiger partial charge in [-0.1, -0.05) is 140 Å². The second kappa shape index (κ2) is 11.8. The molecule has 0 saturated heterocycles. The fourth-order valence-corrected chi connectivity index (χ4v) is 6.88. The highest BCUT2D eigenvalue weighted by Gasteiger charge is 2.22. The van der Waals surface area contributed by atoms with Gasteiger partial charge < -0.3 is 9.32 Å². The van der Waals surface area contributed by atoms with E-state index in [1.165, 1.54) is 33.0 Å². The van der Waals surface area contributed by atoms with Crippen molar-refractivity contribution in [3.8, 4) is 33.4 Å². The maximum atomic E-state index is 6.66. The summed E-state index contributed by atoms with van der Waals surface area (Å²) in [5, 5.41) is 4.72. The number of anilines is 3. The monoisotopic (exact) mass is 613 g/mol. The molecule has 8 aromatic carbocycles. The van der Waals surface area contributed by atoms with Gasteiger partial charge in [-0.05, 0) is 87.1 Å². The van der Waals surface area contributed by atoms with Crippen molar-refractivity contribution in [2.75, 3.05) is 4.90 Å². The molecule has 0 amide bonds. The van der Waals surface area contributed by atoms with E-state index in [1.54, 1.807) is 0 Å². The molecule has 0 unspecified atom stereocenters. The summed E-state index contributed by atoms with van der Waals surface area (Å²) in [6.45, 7) is 0. The van der Waals surface area contributed by atoms with Crippen LogP contribution in [0.25, 0.3) is 66.1 Å². The fraction of sp³-hybridized carbons (Fsp3) is 0. The summed E-state index contributed by atoms with van der Waals surface area (Å²) in [5.41, 5.74) is 11.9. The van der Waals surface area contributed by atoms with Gasteiger partial charge in [0.25, 0.3) is 0 Å². The topological polar surface area (TPSA) is 16.4 Å². The van der Waals surface area contributed by atoms with Gasteiger partial charge in [-0.15, -0.1) is 0 Å². The summed E-state index contributed by atoms with van der Waals surface area (Å²) >= 11 is 0. The first-order valence-electron chi connectivity index (χ1n) is 16.3. The highest BCUT2D eigenvalue weighted by atomic mass is 16.3. The molecule has 0 N–H and O–H groups in total. The van der Waals surface area contributed by atoms with E-state index in [9.17, 15) is 0 Å². The van der Waals surface area contributed by atoms with Crippen LogP contribution in [0.4, 0.5) is 17.1 Å². The van der Waals surface area contributed by atoms with Crippen LogP contribution < -0.4 is 4.90 Å². The molecule has 48 heavy (non-hydrogen) atoms. The Morgan fingerprint density at radius 1 is 0.354 bits per heavy atom. The largest absolute Gasteiger partial charge is 0.455 e. The van der Waals surface area contributed by atoms with Gasteiger partial charge in [0.05, 0.1) is 5.69 Å². The Balaban J connectivity index is 1.24. The summed E-state index contributed by atoms with van der Waals surface area (Å²) in [6.07, 6.45) is 0. The van der Waals surface area contributed by atoms with Crippen LogP contribution >= 0.6 is 0 Å². The van der Waals surface area contributed by atoms with E-state index in [0.29, 0.717) is 0 Å². The van der Waals surface area contributed by atoms with Crippen LogP contribution in [0.3, 0.4) is 0 Å². The molecule has 9 aromatic rings. The molecule has 0 atom stereocenters. The quantitative estimate of drug-likeness (QED) is 0.185. The Bertz CT molecular complexity index is 2530. The van der Waals surface area contributed by atoms with Gasteiger partial charge in [0.15, 0.2) is 0 Å². The number of hydrogen-bond acceptors (Lipinski definition) is 2. The van der Waals surface area contributed by atoms with Crippen LogP contribution in [-0.4, -0.2) is 0 Å². The zero-order valence-corrected chi connectivity index (χ0v) is 26.3. The lowest BCUT2D eigenvalue weighted by atomic mass is 9.97. The molecule has 0 saturated carbocycles. The lowest BCUT2D eigenvalue weighted by Gasteiger charge is -2.28. The smallest absolute Gasteiger partial charge is 0.145 e. The van der Waals surface area contributed by atoms with Crippen molar-refractivity contribution in [3.63, 3.8) is 0 Å². The predicted octanol–water partition coefficient (Wildman–Crippen LogP) is 13.2. The minimum Gasteiger partial charge on any atom is -0.455 e. The van der Waals surface area contributed by atoms with E-state index in [2.05, 4.69) is 187 Å². The Hall–Kier alpha value is -6.38.